The topological polar surface area (TPSA) is 66.5 Å². The number of carbonyl (C=O) groups is 1. The van der Waals surface area contributed by atoms with Crippen molar-refractivity contribution in [2.75, 3.05) is 30.7 Å². The Labute approximate surface area is 150 Å². The predicted octanol–water partition coefficient (Wildman–Crippen LogP) is 2.71. The quantitative estimate of drug-likeness (QED) is 0.895. The number of anilines is 1. The zero-order valence-electron chi connectivity index (χ0n) is 15.5. The van der Waals surface area contributed by atoms with Crippen LogP contribution in [0.2, 0.25) is 0 Å². The van der Waals surface area contributed by atoms with Crippen LogP contribution in [0.5, 0.6) is 0 Å². The van der Waals surface area contributed by atoms with Gasteiger partial charge in [-0.05, 0) is 42.4 Å². The van der Waals surface area contributed by atoms with E-state index < -0.39 is 9.84 Å². The number of nitrogens with zero attached hydrogens (tertiary/aromatic N) is 1. The molecule has 0 radical (unpaired) electrons. The van der Waals surface area contributed by atoms with E-state index >= 15 is 0 Å². The van der Waals surface area contributed by atoms with Gasteiger partial charge < -0.3 is 10.2 Å². The van der Waals surface area contributed by atoms with Crippen molar-refractivity contribution in [1.82, 2.24) is 4.90 Å². The number of sulfone groups is 1. The molecule has 2 heterocycles. The van der Waals surface area contributed by atoms with Crippen molar-refractivity contribution in [1.29, 1.82) is 0 Å². The van der Waals surface area contributed by atoms with Crippen LogP contribution in [-0.2, 0) is 9.84 Å². The van der Waals surface area contributed by atoms with Crippen LogP contribution in [-0.4, -0.2) is 49.9 Å². The maximum absolute atomic E-state index is 13.0. The van der Waals surface area contributed by atoms with Crippen LogP contribution < -0.4 is 5.32 Å². The second-order valence-electron chi connectivity index (χ2n) is 8.56. The largest absolute Gasteiger partial charge is 0.384 e. The number of benzene rings is 1. The minimum absolute atomic E-state index is 0.0542. The zero-order valence-corrected chi connectivity index (χ0v) is 16.3. The number of nitrogens with one attached hydrogen (secondary N) is 1. The molecule has 1 aromatic carbocycles. The zero-order chi connectivity index (χ0) is 18.4. The van der Waals surface area contributed by atoms with Gasteiger partial charge in [-0.3, -0.25) is 4.79 Å². The maximum atomic E-state index is 13.0. The van der Waals surface area contributed by atoms with Gasteiger partial charge in [0.25, 0.3) is 5.91 Å². The molecule has 1 amide bonds. The third-order valence-electron chi connectivity index (χ3n) is 5.28. The average Bonchev–Trinajstić information content (AvgIpc) is 3.06. The van der Waals surface area contributed by atoms with Crippen LogP contribution >= 0.6 is 0 Å². The summed E-state index contributed by atoms with van der Waals surface area (Å²) in [6, 6.07) is 5.71. The highest BCUT2D eigenvalue weighted by Crippen LogP contribution is 2.34. The molecular formula is C19H28N2O3S. The molecule has 1 N–H and O–H groups in total. The molecule has 0 aromatic heterocycles. The lowest BCUT2D eigenvalue weighted by atomic mass is 9.96. The van der Waals surface area contributed by atoms with Crippen LogP contribution in [0.25, 0.3) is 0 Å². The fraction of sp³-hybridized carbons (Fsp3) is 0.632. The van der Waals surface area contributed by atoms with Gasteiger partial charge in [0.05, 0.1) is 11.0 Å². The number of likely N-dealkylation sites (tertiary alicyclic amines) is 1. The van der Waals surface area contributed by atoms with Crippen LogP contribution in [0.3, 0.4) is 0 Å². The molecule has 0 saturated carbocycles. The lowest BCUT2D eigenvalue weighted by Gasteiger charge is -2.23. The van der Waals surface area contributed by atoms with Crippen molar-refractivity contribution in [3.05, 3.63) is 29.3 Å². The molecule has 2 atom stereocenters. The SMILES string of the molecule is Cc1c(NCC(C)(C)C)cccc1C(=O)N1C[C@@H]2CCS(=O)(=O)[C@@H]2C1. The maximum Gasteiger partial charge on any atom is 0.254 e. The van der Waals surface area contributed by atoms with Gasteiger partial charge in [0.15, 0.2) is 9.84 Å². The second kappa shape index (κ2) is 6.31. The molecule has 25 heavy (non-hydrogen) atoms. The molecule has 0 aliphatic carbocycles. The van der Waals surface area contributed by atoms with E-state index in [1.54, 1.807) is 4.90 Å². The van der Waals surface area contributed by atoms with Gasteiger partial charge in [-0.2, -0.15) is 0 Å². The minimum atomic E-state index is -3.02. The van der Waals surface area contributed by atoms with Gasteiger partial charge in [-0.15, -0.1) is 0 Å². The van der Waals surface area contributed by atoms with Gasteiger partial charge in [-0.25, -0.2) is 8.42 Å². The van der Waals surface area contributed by atoms with Crippen molar-refractivity contribution < 1.29 is 13.2 Å². The van der Waals surface area contributed by atoms with E-state index in [0.717, 1.165) is 17.8 Å². The van der Waals surface area contributed by atoms with Crippen LogP contribution in [0.15, 0.2) is 18.2 Å². The molecule has 0 unspecified atom stereocenters. The highest BCUT2D eigenvalue weighted by atomic mass is 32.2. The van der Waals surface area contributed by atoms with Crippen LogP contribution in [0, 0.1) is 18.3 Å². The molecule has 3 rings (SSSR count). The normalized spacial score (nSPS) is 25.0. The standard InChI is InChI=1S/C19H28N2O3S/c1-13-15(6-5-7-16(13)20-12-19(2,3)4)18(22)21-10-14-8-9-25(23,24)17(14)11-21/h5-7,14,17,20H,8-12H2,1-4H3/t14-,17+/m0/s1. The Kier molecular flexibility index (Phi) is 4.60. The summed E-state index contributed by atoms with van der Waals surface area (Å²) in [7, 11) is -3.02. The Balaban J connectivity index is 1.77. The fourth-order valence-electron chi connectivity index (χ4n) is 3.75. The highest BCUT2D eigenvalue weighted by molar-refractivity contribution is 7.92. The third kappa shape index (κ3) is 3.68. The summed E-state index contributed by atoms with van der Waals surface area (Å²) in [5.41, 5.74) is 2.70. The Bertz CT molecular complexity index is 780. The molecule has 2 fully saturated rings. The molecule has 0 bridgehead atoms. The summed E-state index contributed by atoms with van der Waals surface area (Å²) >= 11 is 0. The van der Waals surface area contributed by atoms with Gasteiger partial charge in [0.1, 0.15) is 0 Å². The number of amides is 1. The number of fused-ring (bicyclic) bond motifs is 1. The van der Waals surface area contributed by atoms with E-state index in [4.69, 9.17) is 0 Å². The Morgan fingerprint density at radius 1 is 1.28 bits per heavy atom. The summed E-state index contributed by atoms with van der Waals surface area (Å²) in [5.74, 6) is 0.327. The minimum Gasteiger partial charge on any atom is -0.384 e. The van der Waals surface area contributed by atoms with E-state index in [9.17, 15) is 13.2 Å². The van der Waals surface area contributed by atoms with E-state index in [0.29, 0.717) is 25.1 Å². The van der Waals surface area contributed by atoms with Gasteiger partial charge in [0, 0.05) is 30.9 Å². The van der Waals surface area contributed by atoms with Crippen molar-refractivity contribution in [3.63, 3.8) is 0 Å². The monoisotopic (exact) mass is 364 g/mol. The first-order valence-corrected chi connectivity index (χ1v) is 10.6. The smallest absolute Gasteiger partial charge is 0.254 e. The van der Waals surface area contributed by atoms with Crippen molar-refractivity contribution >= 4 is 21.4 Å². The van der Waals surface area contributed by atoms with E-state index in [-0.39, 0.29) is 28.2 Å². The van der Waals surface area contributed by atoms with Crippen molar-refractivity contribution in [3.8, 4) is 0 Å². The fourth-order valence-corrected chi connectivity index (χ4v) is 5.90. The number of rotatable bonds is 3. The molecule has 2 aliphatic heterocycles. The van der Waals surface area contributed by atoms with Gasteiger partial charge in [0.2, 0.25) is 0 Å². The first-order chi connectivity index (χ1) is 11.6. The van der Waals surface area contributed by atoms with Crippen LogP contribution in [0.4, 0.5) is 5.69 Å². The molecule has 138 valence electrons. The molecule has 2 aliphatic rings. The summed E-state index contributed by atoms with van der Waals surface area (Å²) in [6.07, 6.45) is 0.683. The highest BCUT2D eigenvalue weighted by Gasteiger charge is 2.47. The number of hydrogen-bond donors (Lipinski definition) is 1. The molecule has 2 saturated heterocycles. The van der Waals surface area contributed by atoms with Gasteiger partial charge in [-0.1, -0.05) is 26.8 Å². The number of carbonyl (C=O) groups excluding carboxylic acids is 1. The Morgan fingerprint density at radius 3 is 2.64 bits per heavy atom. The predicted molar refractivity (Wildman–Crippen MR) is 101 cm³/mol. The van der Waals surface area contributed by atoms with Crippen LogP contribution in [0.1, 0.15) is 43.1 Å². The lowest BCUT2D eigenvalue weighted by molar-refractivity contribution is 0.0786. The summed E-state index contributed by atoms with van der Waals surface area (Å²) in [5, 5.41) is 3.06. The third-order valence-corrected chi connectivity index (χ3v) is 7.54. The van der Waals surface area contributed by atoms with Gasteiger partial charge >= 0.3 is 0 Å². The summed E-state index contributed by atoms with van der Waals surface area (Å²) in [4.78, 5) is 14.7. The first-order valence-electron chi connectivity index (χ1n) is 8.93. The molecule has 6 heteroatoms. The molecule has 5 nitrogen and oxygen atoms in total. The first kappa shape index (κ1) is 18.2. The summed E-state index contributed by atoms with van der Waals surface area (Å²) in [6.45, 7) is 10.1. The Hall–Kier alpha value is -1.56. The number of hydrogen-bond acceptors (Lipinski definition) is 4. The molecule has 1 aromatic rings. The molecule has 0 spiro atoms. The van der Waals surface area contributed by atoms with E-state index in [2.05, 4.69) is 26.1 Å². The second-order valence-corrected chi connectivity index (χ2v) is 10.9. The Morgan fingerprint density at radius 2 is 2.00 bits per heavy atom. The lowest BCUT2D eigenvalue weighted by Crippen LogP contribution is -2.32. The average molecular weight is 365 g/mol. The van der Waals surface area contributed by atoms with Crippen molar-refractivity contribution in [2.45, 2.75) is 39.4 Å². The van der Waals surface area contributed by atoms with E-state index in [1.165, 1.54) is 0 Å². The van der Waals surface area contributed by atoms with Crippen molar-refractivity contribution in [2.24, 2.45) is 11.3 Å². The van der Waals surface area contributed by atoms with E-state index in [1.807, 2.05) is 25.1 Å². The summed E-state index contributed by atoms with van der Waals surface area (Å²) < 4.78 is 24.2. The molecular weight excluding hydrogens is 336 g/mol.